The fourth-order valence-electron chi connectivity index (χ4n) is 3.59. The summed E-state index contributed by atoms with van der Waals surface area (Å²) < 4.78 is 0. The maximum Gasteiger partial charge on any atom is 0.256 e. The first-order valence-electron chi connectivity index (χ1n) is 7.50. The average molecular weight is 278 g/mol. The molecule has 0 spiro atoms. The Labute approximate surface area is 124 Å². The van der Waals surface area contributed by atoms with E-state index in [9.17, 15) is 4.79 Å². The molecule has 106 valence electrons. The van der Waals surface area contributed by atoms with Gasteiger partial charge in [-0.2, -0.15) is 0 Å². The molecule has 4 rings (SSSR count). The van der Waals surface area contributed by atoms with Crippen molar-refractivity contribution in [1.29, 1.82) is 0 Å². The Bertz CT molecular complexity index is 751. The quantitative estimate of drug-likeness (QED) is 0.742. The van der Waals surface area contributed by atoms with Crippen LogP contribution in [-0.4, -0.2) is 22.3 Å². The number of aryl methyl sites for hydroxylation is 2. The Balaban J connectivity index is 1.85. The highest BCUT2D eigenvalue weighted by molar-refractivity contribution is 5.96. The SMILES string of the molecule is Cc1cc2c(cc1C)C1Cc3ncccc3C(=O)N1CC2. The summed E-state index contributed by atoms with van der Waals surface area (Å²) in [5.41, 5.74) is 7.06. The second-order valence-corrected chi connectivity index (χ2v) is 6.10. The molecule has 0 N–H and O–H groups in total. The fraction of sp³-hybridized carbons (Fsp3) is 0.333. The number of amides is 1. The van der Waals surface area contributed by atoms with E-state index in [1.54, 1.807) is 6.20 Å². The standard InChI is InChI=1S/C18H18N2O/c1-11-8-13-5-7-20-17(15(13)9-12(11)2)10-16-14(18(20)21)4-3-6-19-16/h3-4,6,8-9,17H,5,7,10H2,1-2H3. The molecule has 0 aliphatic carbocycles. The molecule has 0 saturated carbocycles. The van der Waals surface area contributed by atoms with Crippen LogP contribution in [0, 0.1) is 13.8 Å². The molecule has 1 atom stereocenters. The van der Waals surface area contributed by atoms with Gasteiger partial charge in [0, 0.05) is 19.2 Å². The number of pyridine rings is 1. The molecule has 2 aliphatic heterocycles. The van der Waals surface area contributed by atoms with E-state index in [4.69, 9.17) is 0 Å². The topological polar surface area (TPSA) is 33.2 Å². The molecule has 1 aromatic heterocycles. The smallest absolute Gasteiger partial charge is 0.256 e. The third kappa shape index (κ3) is 1.80. The zero-order chi connectivity index (χ0) is 14.6. The predicted octanol–water partition coefficient (Wildman–Crippen LogP) is 2.99. The summed E-state index contributed by atoms with van der Waals surface area (Å²) in [6.45, 7) is 5.11. The monoisotopic (exact) mass is 278 g/mol. The lowest BCUT2D eigenvalue weighted by Crippen LogP contribution is -2.44. The largest absolute Gasteiger partial charge is 0.331 e. The zero-order valence-corrected chi connectivity index (χ0v) is 12.4. The highest BCUT2D eigenvalue weighted by Gasteiger charge is 2.37. The Hall–Kier alpha value is -2.16. The van der Waals surface area contributed by atoms with E-state index in [2.05, 4.69) is 31.0 Å². The molecule has 3 nitrogen and oxygen atoms in total. The maximum absolute atomic E-state index is 12.7. The van der Waals surface area contributed by atoms with Gasteiger partial charge in [-0.25, -0.2) is 0 Å². The van der Waals surface area contributed by atoms with Crippen molar-refractivity contribution < 1.29 is 4.79 Å². The van der Waals surface area contributed by atoms with Gasteiger partial charge < -0.3 is 4.90 Å². The van der Waals surface area contributed by atoms with Crippen LogP contribution in [0.5, 0.6) is 0 Å². The summed E-state index contributed by atoms with van der Waals surface area (Å²) in [6, 6.07) is 8.46. The van der Waals surface area contributed by atoms with Gasteiger partial charge in [0.05, 0.1) is 17.3 Å². The third-order valence-corrected chi connectivity index (χ3v) is 4.88. The van der Waals surface area contributed by atoms with Crippen molar-refractivity contribution in [2.24, 2.45) is 0 Å². The van der Waals surface area contributed by atoms with Crippen LogP contribution < -0.4 is 0 Å². The second kappa shape index (κ2) is 4.42. The lowest BCUT2D eigenvalue weighted by Gasteiger charge is -2.41. The first-order valence-corrected chi connectivity index (χ1v) is 7.50. The van der Waals surface area contributed by atoms with Crippen molar-refractivity contribution >= 4 is 5.91 Å². The number of fused-ring (bicyclic) bond motifs is 4. The summed E-state index contributed by atoms with van der Waals surface area (Å²) in [6.07, 6.45) is 3.57. The number of nitrogens with zero attached hydrogens (tertiary/aromatic N) is 2. The van der Waals surface area contributed by atoms with Crippen molar-refractivity contribution in [3.05, 3.63) is 64.0 Å². The van der Waals surface area contributed by atoms with Gasteiger partial charge in [0.25, 0.3) is 5.91 Å². The molecule has 3 heteroatoms. The molecular weight excluding hydrogens is 260 g/mol. The van der Waals surface area contributed by atoms with Crippen LogP contribution >= 0.6 is 0 Å². The van der Waals surface area contributed by atoms with Crippen molar-refractivity contribution in [1.82, 2.24) is 9.88 Å². The summed E-state index contributed by atoms with van der Waals surface area (Å²) in [4.78, 5) is 19.2. The van der Waals surface area contributed by atoms with Crippen LogP contribution in [-0.2, 0) is 12.8 Å². The van der Waals surface area contributed by atoms with Gasteiger partial charge in [0.15, 0.2) is 0 Å². The van der Waals surface area contributed by atoms with E-state index in [1.807, 2.05) is 17.0 Å². The molecule has 0 fully saturated rings. The Kier molecular flexibility index (Phi) is 2.64. The average Bonchev–Trinajstić information content (AvgIpc) is 2.49. The second-order valence-electron chi connectivity index (χ2n) is 6.10. The lowest BCUT2D eigenvalue weighted by molar-refractivity contribution is 0.0628. The molecule has 1 unspecified atom stereocenters. The van der Waals surface area contributed by atoms with Gasteiger partial charge in [0.1, 0.15) is 0 Å². The minimum absolute atomic E-state index is 0.137. The van der Waals surface area contributed by atoms with Crippen LogP contribution in [0.4, 0.5) is 0 Å². The summed E-state index contributed by atoms with van der Waals surface area (Å²) in [5, 5.41) is 0. The Morgan fingerprint density at radius 2 is 2.05 bits per heavy atom. The van der Waals surface area contributed by atoms with Crippen LogP contribution in [0.3, 0.4) is 0 Å². The highest BCUT2D eigenvalue weighted by atomic mass is 16.2. The van der Waals surface area contributed by atoms with E-state index in [0.29, 0.717) is 0 Å². The number of rotatable bonds is 0. The third-order valence-electron chi connectivity index (χ3n) is 4.88. The number of aromatic nitrogens is 1. The first-order chi connectivity index (χ1) is 10.1. The normalized spacial score (nSPS) is 19.8. The minimum Gasteiger partial charge on any atom is -0.331 e. The molecule has 2 aliphatic rings. The van der Waals surface area contributed by atoms with E-state index >= 15 is 0 Å². The van der Waals surface area contributed by atoms with Crippen molar-refractivity contribution in [3.8, 4) is 0 Å². The molecule has 0 saturated heterocycles. The number of carbonyl (C=O) groups excluding carboxylic acids is 1. The number of carbonyl (C=O) groups is 1. The van der Waals surface area contributed by atoms with Gasteiger partial charge in [-0.05, 0) is 54.7 Å². The number of benzene rings is 1. The van der Waals surface area contributed by atoms with Gasteiger partial charge in [-0.15, -0.1) is 0 Å². The van der Waals surface area contributed by atoms with Crippen LogP contribution in [0.1, 0.15) is 44.3 Å². The van der Waals surface area contributed by atoms with Gasteiger partial charge in [0.2, 0.25) is 0 Å². The maximum atomic E-state index is 12.7. The molecule has 0 radical (unpaired) electrons. The fourth-order valence-corrected chi connectivity index (χ4v) is 3.59. The summed E-state index contributed by atoms with van der Waals surface area (Å²) >= 11 is 0. The van der Waals surface area contributed by atoms with Crippen LogP contribution in [0.25, 0.3) is 0 Å². The number of hydrogen-bond donors (Lipinski definition) is 0. The van der Waals surface area contributed by atoms with E-state index < -0.39 is 0 Å². The summed E-state index contributed by atoms with van der Waals surface area (Å²) in [5.74, 6) is 0.137. The Morgan fingerprint density at radius 1 is 1.24 bits per heavy atom. The lowest BCUT2D eigenvalue weighted by atomic mass is 9.84. The number of hydrogen-bond acceptors (Lipinski definition) is 2. The van der Waals surface area contributed by atoms with Gasteiger partial charge >= 0.3 is 0 Å². The first kappa shape index (κ1) is 12.6. The van der Waals surface area contributed by atoms with Crippen LogP contribution in [0.2, 0.25) is 0 Å². The Morgan fingerprint density at radius 3 is 2.90 bits per heavy atom. The zero-order valence-electron chi connectivity index (χ0n) is 12.4. The van der Waals surface area contributed by atoms with Gasteiger partial charge in [-0.3, -0.25) is 9.78 Å². The highest BCUT2D eigenvalue weighted by Crippen LogP contribution is 2.38. The molecule has 21 heavy (non-hydrogen) atoms. The van der Waals surface area contributed by atoms with Crippen molar-refractivity contribution in [2.45, 2.75) is 32.7 Å². The van der Waals surface area contributed by atoms with Crippen LogP contribution in [0.15, 0.2) is 30.5 Å². The van der Waals surface area contributed by atoms with Gasteiger partial charge in [-0.1, -0.05) is 12.1 Å². The molecular formula is C18H18N2O. The molecule has 2 aromatic rings. The summed E-state index contributed by atoms with van der Waals surface area (Å²) in [7, 11) is 0. The molecule has 1 amide bonds. The molecule has 0 bridgehead atoms. The van der Waals surface area contributed by atoms with E-state index in [1.165, 1.54) is 22.3 Å². The molecule has 3 heterocycles. The van der Waals surface area contributed by atoms with Crippen molar-refractivity contribution in [2.75, 3.05) is 6.54 Å². The molecule has 1 aromatic carbocycles. The van der Waals surface area contributed by atoms with E-state index in [-0.39, 0.29) is 11.9 Å². The van der Waals surface area contributed by atoms with E-state index in [0.717, 1.165) is 30.6 Å². The van der Waals surface area contributed by atoms with Crippen molar-refractivity contribution in [3.63, 3.8) is 0 Å². The predicted molar refractivity (Wildman–Crippen MR) is 81.3 cm³/mol. The minimum atomic E-state index is 0.137.